The number of nitrogens with zero attached hydrogens (tertiary/aromatic N) is 2. The number of aromatic amines is 1. The Morgan fingerprint density at radius 1 is 1.33 bits per heavy atom. The molecule has 2 aromatic rings. The van der Waals surface area contributed by atoms with Crippen LogP contribution >= 0.6 is 0 Å². The van der Waals surface area contributed by atoms with Gasteiger partial charge >= 0.3 is 6.09 Å². The minimum absolute atomic E-state index is 0.210. The molecule has 3 aliphatic rings. The second-order valence-corrected chi connectivity index (χ2v) is 7.76. The average Bonchev–Trinajstić information content (AvgIpc) is 3.12. The van der Waals surface area contributed by atoms with E-state index < -0.39 is 0 Å². The highest BCUT2D eigenvalue weighted by Gasteiger charge is 2.34. The van der Waals surface area contributed by atoms with Crippen molar-refractivity contribution in [1.29, 1.82) is 0 Å². The second kappa shape index (κ2) is 6.69. The number of rotatable bonds is 2. The summed E-state index contributed by atoms with van der Waals surface area (Å²) in [6.45, 7) is 3.74. The molecule has 0 radical (unpaired) electrons. The van der Waals surface area contributed by atoms with E-state index in [1.807, 2.05) is 0 Å². The Bertz CT molecular complexity index is 897. The van der Waals surface area contributed by atoms with Crippen LogP contribution in [-0.4, -0.2) is 73.4 Å². The van der Waals surface area contributed by atoms with Crippen LogP contribution in [0.1, 0.15) is 11.1 Å². The molecular formula is C21H25N3O3. The number of fused-ring (bicyclic) bond motifs is 2. The summed E-state index contributed by atoms with van der Waals surface area (Å²) in [5.41, 5.74) is 5.28. The fourth-order valence-electron chi connectivity index (χ4n) is 4.67. The second-order valence-electron chi connectivity index (χ2n) is 7.76. The van der Waals surface area contributed by atoms with Crippen molar-refractivity contribution in [2.24, 2.45) is 5.92 Å². The molecule has 1 fully saturated rings. The van der Waals surface area contributed by atoms with E-state index in [0.29, 0.717) is 39.0 Å². The SMILES string of the molecule is CN1CC(COC(=O)N2CCOCC2)C=C2c3cccc4[nH]cc(c34)C[C@@H]21. The van der Waals surface area contributed by atoms with E-state index in [1.54, 1.807) is 4.90 Å². The van der Waals surface area contributed by atoms with Gasteiger partial charge in [0.05, 0.1) is 13.2 Å². The van der Waals surface area contributed by atoms with Crippen LogP contribution in [0.2, 0.25) is 0 Å². The summed E-state index contributed by atoms with van der Waals surface area (Å²) in [7, 11) is 2.17. The molecule has 6 nitrogen and oxygen atoms in total. The van der Waals surface area contributed by atoms with E-state index in [9.17, 15) is 4.79 Å². The van der Waals surface area contributed by atoms with Crippen LogP contribution in [0.3, 0.4) is 0 Å². The summed E-state index contributed by atoms with van der Waals surface area (Å²) in [6.07, 6.45) is 5.29. The normalized spacial score (nSPS) is 25.2. The molecule has 3 heterocycles. The van der Waals surface area contributed by atoms with Gasteiger partial charge in [0.25, 0.3) is 0 Å². The number of amides is 1. The highest BCUT2D eigenvalue weighted by atomic mass is 16.6. The zero-order valence-electron chi connectivity index (χ0n) is 15.6. The molecule has 2 atom stereocenters. The Balaban J connectivity index is 1.37. The van der Waals surface area contributed by atoms with Crippen molar-refractivity contribution >= 4 is 22.6 Å². The predicted octanol–water partition coefficient (Wildman–Crippen LogP) is 2.51. The van der Waals surface area contributed by atoms with Gasteiger partial charge in [-0.15, -0.1) is 0 Å². The van der Waals surface area contributed by atoms with Crippen molar-refractivity contribution in [3.8, 4) is 0 Å². The maximum Gasteiger partial charge on any atom is 0.409 e. The first-order valence-corrected chi connectivity index (χ1v) is 9.71. The Morgan fingerprint density at radius 3 is 3.04 bits per heavy atom. The van der Waals surface area contributed by atoms with Gasteiger partial charge in [-0.05, 0) is 36.2 Å². The highest BCUT2D eigenvalue weighted by Crippen LogP contribution is 2.40. The molecule has 1 aromatic heterocycles. The summed E-state index contributed by atoms with van der Waals surface area (Å²) in [5.74, 6) is 0.210. The molecular weight excluding hydrogens is 342 g/mol. The van der Waals surface area contributed by atoms with E-state index in [4.69, 9.17) is 9.47 Å². The molecule has 1 saturated heterocycles. The van der Waals surface area contributed by atoms with Crippen molar-refractivity contribution in [3.63, 3.8) is 0 Å². The van der Waals surface area contributed by atoms with Crippen molar-refractivity contribution < 1.29 is 14.3 Å². The molecule has 2 aliphatic heterocycles. The van der Waals surface area contributed by atoms with E-state index >= 15 is 0 Å². The van der Waals surface area contributed by atoms with E-state index in [1.165, 1.54) is 27.6 Å². The van der Waals surface area contributed by atoms with Gasteiger partial charge in [0, 0.05) is 48.7 Å². The summed E-state index contributed by atoms with van der Waals surface area (Å²) in [4.78, 5) is 19.8. The van der Waals surface area contributed by atoms with Gasteiger partial charge in [-0.3, -0.25) is 4.90 Å². The van der Waals surface area contributed by atoms with Gasteiger partial charge in [0.15, 0.2) is 0 Å². The number of nitrogens with one attached hydrogen (secondary N) is 1. The fraction of sp³-hybridized carbons (Fsp3) is 0.476. The van der Waals surface area contributed by atoms with E-state index in [0.717, 1.165) is 13.0 Å². The summed E-state index contributed by atoms with van der Waals surface area (Å²) in [6, 6.07) is 6.86. The first-order valence-electron chi connectivity index (χ1n) is 9.71. The lowest BCUT2D eigenvalue weighted by atomic mass is 9.80. The third kappa shape index (κ3) is 2.93. The number of benzene rings is 1. The van der Waals surface area contributed by atoms with Crippen LogP contribution in [0.4, 0.5) is 4.79 Å². The third-order valence-corrected chi connectivity index (χ3v) is 6.03. The maximum atomic E-state index is 12.3. The Hall–Kier alpha value is -2.31. The van der Waals surface area contributed by atoms with Crippen molar-refractivity contribution in [3.05, 3.63) is 41.6 Å². The predicted molar refractivity (Wildman–Crippen MR) is 104 cm³/mol. The molecule has 6 heteroatoms. The fourth-order valence-corrected chi connectivity index (χ4v) is 4.67. The number of carbonyl (C=O) groups excluding carboxylic acids is 1. The molecule has 27 heavy (non-hydrogen) atoms. The number of morpholine rings is 1. The molecule has 5 rings (SSSR count). The van der Waals surface area contributed by atoms with Gasteiger partial charge < -0.3 is 19.4 Å². The number of hydrogen-bond donors (Lipinski definition) is 1. The van der Waals surface area contributed by atoms with Gasteiger partial charge in [-0.2, -0.15) is 0 Å². The lowest BCUT2D eigenvalue weighted by molar-refractivity contribution is 0.0229. The third-order valence-electron chi connectivity index (χ3n) is 6.03. The van der Waals surface area contributed by atoms with Crippen molar-refractivity contribution in [1.82, 2.24) is 14.8 Å². The van der Waals surface area contributed by atoms with Gasteiger partial charge in [0.1, 0.15) is 6.61 Å². The number of ether oxygens (including phenoxy) is 2. The standard InChI is InChI=1S/C21H25N3O3/c1-23-12-14(13-27-21(25)24-5-7-26-8-6-24)9-17-16-3-2-4-18-20(16)15(11-22-18)10-19(17)23/h2-4,9,11,14,19,22H,5-8,10,12-13H2,1H3/t14?,19-/m0/s1. The van der Waals surface area contributed by atoms with E-state index in [-0.39, 0.29) is 12.0 Å². The van der Waals surface area contributed by atoms with Crippen LogP contribution in [0.15, 0.2) is 30.5 Å². The highest BCUT2D eigenvalue weighted by molar-refractivity contribution is 5.98. The lowest BCUT2D eigenvalue weighted by Gasteiger charge is -2.39. The first-order chi connectivity index (χ1) is 13.2. The first kappa shape index (κ1) is 16.8. The number of aromatic nitrogens is 1. The number of likely N-dealkylation sites (N-methyl/N-ethyl adjacent to an activating group) is 1. The minimum Gasteiger partial charge on any atom is -0.449 e. The topological polar surface area (TPSA) is 57.8 Å². The molecule has 142 valence electrons. The van der Waals surface area contributed by atoms with Gasteiger partial charge in [0.2, 0.25) is 0 Å². The lowest BCUT2D eigenvalue weighted by Crippen LogP contribution is -2.45. The summed E-state index contributed by atoms with van der Waals surface area (Å²) in [5, 5.41) is 1.35. The average molecular weight is 367 g/mol. The number of H-pyrrole nitrogens is 1. The van der Waals surface area contributed by atoms with Crippen LogP contribution in [0, 0.1) is 5.92 Å². The van der Waals surface area contributed by atoms with Gasteiger partial charge in [-0.25, -0.2) is 4.79 Å². The molecule has 1 unspecified atom stereocenters. The summed E-state index contributed by atoms with van der Waals surface area (Å²) < 4.78 is 10.9. The van der Waals surface area contributed by atoms with Crippen LogP contribution < -0.4 is 0 Å². The zero-order chi connectivity index (χ0) is 18.4. The zero-order valence-corrected chi connectivity index (χ0v) is 15.6. The number of hydrogen-bond acceptors (Lipinski definition) is 4. The maximum absolute atomic E-state index is 12.3. The smallest absolute Gasteiger partial charge is 0.409 e. The molecule has 1 N–H and O–H groups in total. The Kier molecular flexibility index (Phi) is 4.17. The minimum atomic E-state index is -0.222. The molecule has 0 saturated carbocycles. The summed E-state index contributed by atoms with van der Waals surface area (Å²) >= 11 is 0. The monoisotopic (exact) mass is 367 g/mol. The molecule has 1 aliphatic carbocycles. The molecule has 1 aromatic carbocycles. The molecule has 0 bridgehead atoms. The van der Waals surface area contributed by atoms with Crippen LogP contribution in [0.5, 0.6) is 0 Å². The Morgan fingerprint density at radius 2 is 2.19 bits per heavy atom. The van der Waals surface area contributed by atoms with E-state index in [2.05, 4.69) is 47.4 Å². The van der Waals surface area contributed by atoms with Crippen LogP contribution in [-0.2, 0) is 15.9 Å². The van der Waals surface area contributed by atoms with Crippen molar-refractivity contribution in [2.75, 3.05) is 46.5 Å². The molecule has 1 amide bonds. The largest absolute Gasteiger partial charge is 0.449 e. The quantitative estimate of drug-likeness (QED) is 0.886. The Labute approximate surface area is 158 Å². The van der Waals surface area contributed by atoms with Gasteiger partial charge in [-0.1, -0.05) is 18.2 Å². The molecule has 0 spiro atoms. The van der Waals surface area contributed by atoms with Crippen LogP contribution in [0.25, 0.3) is 16.5 Å². The van der Waals surface area contributed by atoms with Crippen molar-refractivity contribution in [2.45, 2.75) is 12.5 Å². The number of carbonyl (C=O) groups is 1.